The van der Waals surface area contributed by atoms with Gasteiger partial charge in [-0.3, -0.25) is 9.59 Å². The maximum absolute atomic E-state index is 12.8. The Morgan fingerprint density at radius 2 is 1.04 bits per heavy atom. The summed E-state index contributed by atoms with van der Waals surface area (Å²) in [6.45, 7) is 0. The van der Waals surface area contributed by atoms with Gasteiger partial charge in [0.15, 0.2) is 0 Å². The molecule has 2 aromatic carbocycles. The molecule has 2 aliphatic heterocycles. The van der Waals surface area contributed by atoms with Gasteiger partial charge in [0.1, 0.15) is 0 Å². The minimum Gasteiger partial charge on any atom is -0.337 e. The smallest absolute Gasteiger partial charge is 0.254 e. The number of nitrogens with zero attached hydrogens (tertiary/aromatic N) is 2. The lowest BCUT2D eigenvalue weighted by molar-refractivity contribution is -0.00639. The number of hydrogen-bond donors (Lipinski definition) is 0. The van der Waals surface area contributed by atoms with Gasteiger partial charge in [0, 0.05) is 49.1 Å². The number of hydrogen-bond acceptors (Lipinski definition) is 2. The van der Waals surface area contributed by atoms with E-state index in [1.807, 2.05) is 72.4 Å². The van der Waals surface area contributed by atoms with Crippen molar-refractivity contribution in [2.24, 2.45) is 0 Å². The predicted molar refractivity (Wildman–Crippen MR) is 90.1 cm³/mol. The minimum atomic E-state index is 0.0855. The highest BCUT2D eigenvalue weighted by molar-refractivity contribution is 6.00. The third kappa shape index (κ3) is 1.44. The van der Waals surface area contributed by atoms with Crippen LogP contribution in [0.5, 0.6) is 0 Å². The van der Waals surface area contributed by atoms with E-state index in [0.717, 1.165) is 22.3 Å². The van der Waals surface area contributed by atoms with E-state index in [4.69, 9.17) is 0 Å². The molecule has 1 fully saturated rings. The van der Waals surface area contributed by atoms with Crippen molar-refractivity contribution in [1.29, 1.82) is 0 Å². The van der Waals surface area contributed by atoms with Crippen molar-refractivity contribution < 1.29 is 9.59 Å². The fourth-order valence-corrected chi connectivity index (χ4v) is 5.02. The first-order valence-corrected chi connectivity index (χ1v) is 8.33. The van der Waals surface area contributed by atoms with Crippen molar-refractivity contribution >= 4 is 11.8 Å². The quantitative estimate of drug-likeness (QED) is 0.749. The zero-order valence-corrected chi connectivity index (χ0v) is 13.6. The van der Waals surface area contributed by atoms with Crippen LogP contribution in [0.3, 0.4) is 0 Å². The molecule has 0 unspecified atom stereocenters. The zero-order valence-electron chi connectivity index (χ0n) is 13.6. The monoisotopic (exact) mass is 318 g/mol. The van der Waals surface area contributed by atoms with Gasteiger partial charge in [0.25, 0.3) is 11.8 Å². The lowest BCUT2D eigenvalue weighted by Crippen LogP contribution is -2.69. The molecule has 0 spiro atoms. The molecule has 0 radical (unpaired) electrons. The summed E-state index contributed by atoms with van der Waals surface area (Å²) in [4.78, 5) is 29.3. The molecule has 4 heteroatoms. The third-order valence-corrected chi connectivity index (χ3v) is 6.11. The van der Waals surface area contributed by atoms with Gasteiger partial charge in [-0.05, 0) is 23.3 Å². The standard InChI is InChI=1S/C20H18N2O2/c1-21-17-15(11-7-3-5-9-13(11)19(21)23)18-16(17)12-8-4-6-10-14(12)20(24)22(18)2/h3-10,15-18H,1-2H3. The highest BCUT2D eigenvalue weighted by atomic mass is 16.2. The molecule has 0 aromatic heterocycles. The number of carbonyl (C=O) groups is 2. The Bertz CT molecular complexity index is 809. The number of amides is 2. The van der Waals surface area contributed by atoms with Crippen molar-refractivity contribution in [2.45, 2.75) is 23.9 Å². The van der Waals surface area contributed by atoms with Crippen LogP contribution < -0.4 is 0 Å². The Morgan fingerprint density at radius 3 is 1.46 bits per heavy atom. The van der Waals surface area contributed by atoms with Crippen molar-refractivity contribution in [3.63, 3.8) is 0 Å². The van der Waals surface area contributed by atoms with Crippen molar-refractivity contribution in [1.82, 2.24) is 9.80 Å². The first kappa shape index (κ1) is 13.8. The number of likely N-dealkylation sites (N-methyl/N-ethyl adjacent to an activating group) is 2. The predicted octanol–water partition coefficient (Wildman–Crippen LogP) is 2.48. The highest BCUT2D eigenvalue weighted by Crippen LogP contribution is 2.57. The van der Waals surface area contributed by atoms with E-state index in [1.54, 1.807) is 0 Å². The van der Waals surface area contributed by atoms with Gasteiger partial charge >= 0.3 is 0 Å². The summed E-state index contributed by atoms with van der Waals surface area (Å²) in [6.07, 6.45) is 0. The van der Waals surface area contributed by atoms with Gasteiger partial charge in [-0.25, -0.2) is 0 Å². The molecule has 2 aromatic rings. The Labute approximate surface area is 140 Å². The fraction of sp³-hybridized carbons (Fsp3) is 0.300. The van der Waals surface area contributed by atoms with Gasteiger partial charge < -0.3 is 9.80 Å². The Hall–Kier alpha value is -2.62. The van der Waals surface area contributed by atoms with E-state index in [-0.39, 0.29) is 35.7 Å². The maximum atomic E-state index is 12.8. The zero-order chi connectivity index (χ0) is 16.6. The molecule has 0 bridgehead atoms. The number of rotatable bonds is 0. The van der Waals surface area contributed by atoms with Crippen LogP contribution in [0.15, 0.2) is 48.5 Å². The van der Waals surface area contributed by atoms with Gasteiger partial charge in [-0.15, -0.1) is 0 Å². The Kier molecular flexibility index (Phi) is 2.57. The average Bonchev–Trinajstić information content (AvgIpc) is 2.58. The van der Waals surface area contributed by atoms with E-state index < -0.39 is 0 Å². The molecule has 0 atom stereocenters. The van der Waals surface area contributed by atoms with Crippen LogP contribution in [0.4, 0.5) is 0 Å². The van der Waals surface area contributed by atoms with Crippen LogP contribution in [0.25, 0.3) is 0 Å². The molecule has 4 nitrogen and oxygen atoms in total. The first-order chi connectivity index (χ1) is 11.6. The summed E-state index contributed by atoms with van der Waals surface area (Å²) in [7, 11) is 3.79. The molecule has 24 heavy (non-hydrogen) atoms. The van der Waals surface area contributed by atoms with E-state index in [1.165, 1.54) is 0 Å². The molecule has 3 aliphatic rings. The van der Waals surface area contributed by atoms with Crippen LogP contribution in [-0.4, -0.2) is 47.8 Å². The largest absolute Gasteiger partial charge is 0.337 e. The molecule has 2 amide bonds. The topological polar surface area (TPSA) is 40.6 Å². The first-order valence-electron chi connectivity index (χ1n) is 8.33. The number of fused-ring (bicyclic) bond motifs is 8. The SMILES string of the molecule is CN1C(=O)c2ccccc2C2C1C1c3ccccc3C(=O)N(C)C21. The number of benzene rings is 2. The average molecular weight is 318 g/mol. The van der Waals surface area contributed by atoms with Crippen molar-refractivity contribution in [3.05, 3.63) is 70.8 Å². The summed E-state index contributed by atoms with van der Waals surface area (Å²) >= 11 is 0. The molecule has 2 heterocycles. The van der Waals surface area contributed by atoms with E-state index in [2.05, 4.69) is 0 Å². The second-order valence-corrected chi connectivity index (χ2v) is 7.04. The van der Waals surface area contributed by atoms with Crippen molar-refractivity contribution in [3.8, 4) is 0 Å². The molecule has 0 N–H and O–H groups in total. The van der Waals surface area contributed by atoms with Gasteiger partial charge in [-0.1, -0.05) is 36.4 Å². The lowest BCUT2D eigenvalue weighted by Gasteiger charge is -2.62. The minimum absolute atomic E-state index is 0.0855. The summed E-state index contributed by atoms with van der Waals surface area (Å²) in [5.41, 5.74) is 3.73. The van der Waals surface area contributed by atoms with Gasteiger partial charge in [0.2, 0.25) is 0 Å². The van der Waals surface area contributed by atoms with E-state index >= 15 is 0 Å². The van der Waals surface area contributed by atoms with Crippen LogP contribution in [0, 0.1) is 0 Å². The fourth-order valence-electron chi connectivity index (χ4n) is 5.02. The van der Waals surface area contributed by atoms with Crippen LogP contribution in [0.1, 0.15) is 43.7 Å². The number of carbonyl (C=O) groups excluding carboxylic acids is 2. The van der Waals surface area contributed by atoms with Crippen LogP contribution in [0.2, 0.25) is 0 Å². The molecule has 1 aliphatic carbocycles. The Morgan fingerprint density at radius 1 is 0.667 bits per heavy atom. The Balaban J connectivity index is 1.71. The summed E-state index contributed by atoms with van der Waals surface area (Å²) in [5, 5.41) is 0. The van der Waals surface area contributed by atoms with Crippen LogP contribution in [-0.2, 0) is 0 Å². The molecule has 120 valence electrons. The summed E-state index contributed by atoms with van der Waals surface area (Å²) in [6, 6.07) is 15.9. The van der Waals surface area contributed by atoms with E-state index in [0.29, 0.717) is 0 Å². The van der Waals surface area contributed by atoms with E-state index in [9.17, 15) is 9.59 Å². The van der Waals surface area contributed by atoms with Crippen LogP contribution >= 0.6 is 0 Å². The molecule has 0 saturated heterocycles. The van der Waals surface area contributed by atoms with Gasteiger partial charge in [0.05, 0.1) is 0 Å². The summed E-state index contributed by atoms with van der Waals surface area (Å²) < 4.78 is 0. The van der Waals surface area contributed by atoms with Crippen molar-refractivity contribution in [2.75, 3.05) is 14.1 Å². The lowest BCUT2D eigenvalue weighted by atomic mass is 9.55. The second-order valence-electron chi connectivity index (χ2n) is 7.04. The molecular weight excluding hydrogens is 300 g/mol. The molecular formula is C20H18N2O2. The molecule has 5 rings (SSSR count). The normalized spacial score (nSPS) is 30.1. The second kappa shape index (κ2) is 4.47. The highest BCUT2D eigenvalue weighted by Gasteiger charge is 2.61. The molecule has 1 saturated carbocycles. The third-order valence-electron chi connectivity index (χ3n) is 6.11. The van der Waals surface area contributed by atoms with Gasteiger partial charge in [-0.2, -0.15) is 0 Å². The summed E-state index contributed by atoms with van der Waals surface area (Å²) in [5.74, 6) is 0.553. The maximum Gasteiger partial charge on any atom is 0.254 e.